The summed E-state index contributed by atoms with van der Waals surface area (Å²) in [5, 5.41) is 11.5. The molecule has 0 aromatic carbocycles. The van der Waals surface area contributed by atoms with Gasteiger partial charge in [0, 0.05) is 25.6 Å². The molecule has 2 amide bonds. The predicted octanol–water partition coefficient (Wildman–Crippen LogP) is 2.22. The van der Waals surface area contributed by atoms with Crippen molar-refractivity contribution in [3.8, 4) is 0 Å². The van der Waals surface area contributed by atoms with Crippen LogP contribution < -0.4 is 5.32 Å². The first-order chi connectivity index (χ1) is 8.59. The van der Waals surface area contributed by atoms with Crippen molar-refractivity contribution in [2.24, 2.45) is 0 Å². The van der Waals surface area contributed by atoms with E-state index >= 15 is 0 Å². The van der Waals surface area contributed by atoms with Gasteiger partial charge in [-0.05, 0) is 26.2 Å². The van der Waals surface area contributed by atoms with Gasteiger partial charge in [-0.15, -0.1) is 0 Å². The Hall–Kier alpha value is -1.26. The average molecular weight is 256 g/mol. The number of nitrogens with one attached hydrogen (secondary N) is 1. The molecule has 1 atom stereocenters. The Labute approximate surface area is 109 Å². The van der Waals surface area contributed by atoms with Gasteiger partial charge in [0.15, 0.2) is 0 Å². The Bertz CT molecular complexity index is 273. The van der Waals surface area contributed by atoms with E-state index in [2.05, 4.69) is 5.32 Å². The lowest BCUT2D eigenvalue weighted by Gasteiger charge is -2.26. The lowest BCUT2D eigenvalue weighted by molar-refractivity contribution is -0.137. The molecule has 18 heavy (non-hydrogen) atoms. The van der Waals surface area contributed by atoms with Crippen LogP contribution in [0, 0.1) is 0 Å². The molecule has 1 aliphatic heterocycles. The van der Waals surface area contributed by atoms with E-state index in [1.807, 2.05) is 11.8 Å². The Balaban J connectivity index is 2.30. The van der Waals surface area contributed by atoms with Gasteiger partial charge >= 0.3 is 12.0 Å². The van der Waals surface area contributed by atoms with Gasteiger partial charge in [0.1, 0.15) is 0 Å². The number of nitrogens with zero attached hydrogens (tertiary/aromatic N) is 1. The zero-order chi connectivity index (χ0) is 13.4. The number of carbonyl (C=O) groups excluding carboxylic acids is 1. The van der Waals surface area contributed by atoms with Crippen LogP contribution in [0.3, 0.4) is 0 Å². The topological polar surface area (TPSA) is 69.6 Å². The number of amides is 2. The third kappa shape index (κ3) is 5.89. The van der Waals surface area contributed by atoms with Crippen molar-refractivity contribution in [1.29, 1.82) is 0 Å². The van der Waals surface area contributed by atoms with Crippen LogP contribution in [0.5, 0.6) is 0 Å². The molecular formula is C13H24N2O3. The van der Waals surface area contributed by atoms with Gasteiger partial charge in [-0.2, -0.15) is 0 Å². The van der Waals surface area contributed by atoms with Crippen LogP contribution >= 0.6 is 0 Å². The lowest BCUT2D eigenvalue weighted by atomic mass is 10.1. The number of aliphatic carboxylic acids is 1. The van der Waals surface area contributed by atoms with E-state index < -0.39 is 5.97 Å². The van der Waals surface area contributed by atoms with Gasteiger partial charge in [-0.1, -0.05) is 19.3 Å². The molecule has 5 heteroatoms. The molecule has 0 spiro atoms. The van der Waals surface area contributed by atoms with Crippen molar-refractivity contribution in [3.05, 3.63) is 0 Å². The highest BCUT2D eigenvalue weighted by Crippen LogP contribution is 2.10. The first-order valence-electron chi connectivity index (χ1n) is 6.87. The third-order valence-corrected chi connectivity index (χ3v) is 3.30. The fourth-order valence-corrected chi connectivity index (χ4v) is 2.16. The average Bonchev–Trinajstić information content (AvgIpc) is 2.25. The van der Waals surface area contributed by atoms with Gasteiger partial charge in [0.2, 0.25) is 0 Å². The number of carbonyl (C=O) groups is 2. The zero-order valence-electron chi connectivity index (χ0n) is 11.2. The summed E-state index contributed by atoms with van der Waals surface area (Å²) in [7, 11) is 0. The van der Waals surface area contributed by atoms with Crippen molar-refractivity contribution < 1.29 is 14.7 Å². The highest BCUT2D eigenvalue weighted by Gasteiger charge is 2.16. The first-order valence-corrected chi connectivity index (χ1v) is 6.87. The van der Waals surface area contributed by atoms with Gasteiger partial charge in [-0.3, -0.25) is 4.79 Å². The largest absolute Gasteiger partial charge is 0.481 e. The molecule has 1 rings (SSSR count). The molecule has 2 N–H and O–H groups in total. The predicted molar refractivity (Wildman–Crippen MR) is 69.5 cm³/mol. The molecule has 1 heterocycles. The van der Waals surface area contributed by atoms with Crippen molar-refractivity contribution in [2.75, 3.05) is 13.1 Å². The molecule has 1 fully saturated rings. The second kappa shape index (κ2) is 7.95. The van der Waals surface area contributed by atoms with E-state index in [1.165, 1.54) is 19.3 Å². The fourth-order valence-electron chi connectivity index (χ4n) is 2.16. The summed E-state index contributed by atoms with van der Waals surface area (Å²) in [6, 6.07) is -0.131. The molecule has 104 valence electrons. The van der Waals surface area contributed by atoms with Crippen LogP contribution in [-0.2, 0) is 4.79 Å². The molecule has 0 aliphatic carbocycles. The highest BCUT2D eigenvalue weighted by molar-refractivity contribution is 5.74. The van der Waals surface area contributed by atoms with Gasteiger partial charge in [0.05, 0.1) is 0 Å². The summed E-state index contributed by atoms with van der Waals surface area (Å²) in [5.74, 6) is -0.817. The minimum absolute atomic E-state index is 0.0465. The van der Waals surface area contributed by atoms with Gasteiger partial charge in [0.25, 0.3) is 0 Å². The summed E-state index contributed by atoms with van der Waals surface area (Å²) in [4.78, 5) is 24.3. The molecule has 1 saturated heterocycles. The van der Waals surface area contributed by atoms with E-state index in [0.29, 0.717) is 6.42 Å². The minimum atomic E-state index is -0.817. The summed E-state index contributed by atoms with van der Waals surface area (Å²) >= 11 is 0. The molecule has 0 aromatic rings. The SMILES string of the molecule is CC(CCC(=O)O)NC(=O)N1CCCCCCC1. The maximum absolute atomic E-state index is 12.0. The second-order valence-electron chi connectivity index (χ2n) is 5.04. The van der Waals surface area contributed by atoms with E-state index in [4.69, 9.17) is 5.11 Å². The maximum atomic E-state index is 12.0. The normalized spacial score (nSPS) is 18.6. The molecule has 0 aromatic heterocycles. The molecule has 1 aliphatic rings. The van der Waals surface area contributed by atoms with Crippen molar-refractivity contribution in [3.63, 3.8) is 0 Å². The molecule has 1 unspecified atom stereocenters. The van der Waals surface area contributed by atoms with Crippen molar-refractivity contribution in [2.45, 2.75) is 57.9 Å². The number of carboxylic acid groups (broad SMARTS) is 1. The van der Waals surface area contributed by atoms with Crippen LogP contribution in [0.4, 0.5) is 4.79 Å². The Morgan fingerprint density at radius 3 is 2.28 bits per heavy atom. The Morgan fingerprint density at radius 2 is 1.72 bits per heavy atom. The van der Waals surface area contributed by atoms with E-state index in [-0.39, 0.29) is 18.5 Å². The van der Waals surface area contributed by atoms with Crippen LogP contribution in [0.15, 0.2) is 0 Å². The van der Waals surface area contributed by atoms with E-state index in [0.717, 1.165) is 25.9 Å². The summed E-state index contributed by atoms with van der Waals surface area (Å²) in [5.41, 5.74) is 0. The molecule has 0 radical (unpaired) electrons. The molecule has 0 saturated carbocycles. The number of rotatable bonds is 4. The third-order valence-electron chi connectivity index (χ3n) is 3.30. The Morgan fingerprint density at radius 1 is 1.17 bits per heavy atom. The Kier molecular flexibility index (Phi) is 6.54. The highest BCUT2D eigenvalue weighted by atomic mass is 16.4. The summed E-state index contributed by atoms with van der Waals surface area (Å²) < 4.78 is 0. The monoisotopic (exact) mass is 256 g/mol. The van der Waals surface area contributed by atoms with Crippen LogP contribution in [0.1, 0.15) is 51.9 Å². The van der Waals surface area contributed by atoms with Crippen molar-refractivity contribution in [1.82, 2.24) is 10.2 Å². The number of likely N-dealkylation sites (tertiary alicyclic amines) is 1. The standard InChI is InChI=1S/C13H24N2O3/c1-11(7-8-12(16)17)14-13(18)15-9-5-3-2-4-6-10-15/h11H,2-10H2,1H3,(H,14,18)(H,16,17). The maximum Gasteiger partial charge on any atom is 0.317 e. The first kappa shape index (κ1) is 14.8. The number of urea groups is 1. The molecular weight excluding hydrogens is 232 g/mol. The molecule has 5 nitrogen and oxygen atoms in total. The number of hydrogen-bond acceptors (Lipinski definition) is 2. The van der Waals surface area contributed by atoms with E-state index in [9.17, 15) is 9.59 Å². The lowest BCUT2D eigenvalue weighted by Crippen LogP contribution is -2.45. The molecule has 0 bridgehead atoms. The smallest absolute Gasteiger partial charge is 0.317 e. The summed E-state index contributed by atoms with van der Waals surface area (Å²) in [6.45, 7) is 3.49. The van der Waals surface area contributed by atoms with Gasteiger partial charge < -0.3 is 15.3 Å². The number of hydrogen-bond donors (Lipinski definition) is 2. The van der Waals surface area contributed by atoms with Crippen LogP contribution in [0.2, 0.25) is 0 Å². The minimum Gasteiger partial charge on any atom is -0.481 e. The van der Waals surface area contributed by atoms with Crippen molar-refractivity contribution >= 4 is 12.0 Å². The van der Waals surface area contributed by atoms with Crippen LogP contribution in [-0.4, -0.2) is 41.1 Å². The van der Waals surface area contributed by atoms with Gasteiger partial charge in [-0.25, -0.2) is 4.79 Å². The second-order valence-corrected chi connectivity index (χ2v) is 5.04. The zero-order valence-corrected chi connectivity index (χ0v) is 11.2. The van der Waals surface area contributed by atoms with E-state index in [1.54, 1.807) is 0 Å². The summed E-state index contributed by atoms with van der Waals surface area (Å²) in [6.07, 6.45) is 6.37. The quantitative estimate of drug-likeness (QED) is 0.810. The number of carboxylic acids is 1. The fraction of sp³-hybridized carbons (Fsp3) is 0.846. The van der Waals surface area contributed by atoms with Crippen LogP contribution in [0.25, 0.3) is 0 Å².